The molecule has 0 saturated heterocycles. The fourth-order valence-electron chi connectivity index (χ4n) is 1.48. The molecule has 1 aromatic heterocycles. The van der Waals surface area contributed by atoms with Gasteiger partial charge in [-0.15, -0.1) is 5.10 Å². The molecule has 0 spiro atoms. The van der Waals surface area contributed by atoms with E-state index in [4.69, 9.17) is 16.3 Å². The summed E-state index contributed by atoms with van der Waals surface area (Å²) in [6.45, 7) is 2.66. The number of nitrogens with one attached hydrogen (secondary N) is 1. The van der Waals surface area contributed by atoms with Crippen molar-refractivity contribution in [2.75, 3.05) is 7.05 Å². The Morgan fingerprint density at radius 3 is 2.72 bits per heavy atom. The van der Waals surface area contributed by atoms with Crippen LogP contribution in [0.5, 0.6) is 11.6 Å². The van der Waals surface area contributed by atoms with E-state index in [1.807, 2.05) is 32.2 Å². The second-order valence-electron chi connectivity index (χ2n) is 3.93. The first-order valence-electron chi connectivity index (χ1n) is 5.60. The van der Waals surface area contributed by atoms with Gasteiger partial charge >= 0.3 is 0 Å². The predicted octanol–water partition coefficient (Wildman–Crippen LogP) is 2.95. The molecule has 0 saturated carbocycles. The second-order valence-corrected chi connectivity index (χ2v) is 4.34. The molecule has 5 heteroatoms. The van der Waals surface area contributed by atoms with Gasteiger partial charge in [-0.3, -0.25) is 0 Å². The summed E-state index contributed by atoms with van der Waals surface area (Å²) in [4.78, 5) is 0. The van der Waals surface area contributed by atoms with Gasteiger partial charge in [0.25, 0.3) is 0 Å². The number of benzene rings is 1. The lowest BCUT2D eigenvalue weighted by molar-refractivity contribution is 0.453. The van der Waals surface area contributed by atoms with E-state index in [2.05, 4.69) is 15.5 Å². The number of halogens is 1. The summed E-state index contributed by atoms with van der Waals surface area (Å²) in [5.41, 5.74) is 1.94. The third-order valence-corrected chi connectivity index (χ3v) is 2.67. The van der Waals surface area contributed by atoms with Gasteiger partial charge in [0, 0.05) is 12.6 Å². The van der Waals surface area contributed by atoms with Crippen molar-refractivity contribution in [3.63, 3.8) is 0 Å². The van der Waals surface area contributed by atoms with E-state index in [1.165, 1.54) is 0 Å². The van der Waals surface area contributed by atoms with E-state index in [9.17, 15) is 0 Å². The third kappa shape index (κ3) is 3.18. The first kappa shape index (κ1) is 12.8. The lowest BCUT2D eigenvalue weighted by Gasteiger charge is -2.07. The molecule has 0 fully saturated rings. The van der Waals surface area contributed by atoms with Crippen LogP contribution in [-0.4, -0.2) is 17.2 Å². The number of hydrogen-bond donors (Lipinski definition) is 1. The Morgan fingerprint density at radius 1 is 1.22 bits per heavy atom. The van der Waals surface area contributed by atoms with Gasteiger partial charge in [-0.25, -0.2) is 0 Å². The molecule has 1 N–H and O–H groups in total. The number of rotatable bonds is 4. The van der Waals surface area contributed by atoms with Crippen LogP contribution in [0.25, 0.3) is 0 Å². The highest BCUT2D eigenvalue weighted by Crippen LogP contribution is 2.28. The Kier molecular flexibility index (Phi) is 4.12. The molecule has 1 heterocycles. The molecule has 0 amide bonds. The van der Waals surface area contributed by atoms with Crippen LogP contribution in [0, 0.1) is 6.92 Å². The molecule has 0 atom stereocenters. The van der Waals surface area contributed by atoms with Gasteiger partial charge in [-0.2, -0.15) is 5.10 Å². The summed E-state index contributed by atoms with van der Waals surface area (Å²) < 4.78 is 5.60. The first-order valence-corrected chi connectivity index (χ1v) is 5.98. The van der Waals surface area contributed by atoms with Gasteiger partial charge in [0.05, 0.1) is 10.7 Å². The zero-order chi connectivity index (χ0) is 13.0. The number of aromatic nitrogens is 2. The summed E-state index contributed by atoms with van der Waals surface area (Å²) in [7, 11) is 1.86. The smallest absolute Gasteiger partial charge is 0.238 e. The highest BCUT2D eigenvalue weighted by molar-refractivity contribution is 6.32. The van der Waals surface area contributed by atoms with E-state index < -0.39 is 0 Å². The van der Waals surface area contributed by atoms with Crippen molar-refractivity contribution < 1.29 is 4.74 Å². The average Bonchev–Trinajstić information content (AvgIpc) is 2.37. The van der Waals surface area contributed by atoms with Crippen LogP contribution in [-0.2, 0) is 6.54 Å². The van der Waals surface area contributed by atoms with E-state index >= 15 is 0 Å². The molecule has 0 bridgehead atoms. The molecule has 94 valence electrons. The third-order valence-electron chi connectivity index (χ3n) is 2.35. The van der Waals surface area contributed by atoms with Crippen molar-refractivity contribution in [3.8, 4) is 11.6 Å². The topological polar surface area (TPSA) is 47.0 Å². The Bertz CT molecular complexity index is 528. The fourth-order valence-corrected chi connectivity index (χ4v) is 1.64. The van der Waals surface area contributed by atoms with Gasteiger partial charge in [0.15, 0.2) is 0 Å². The molecular weight excluding hydrogens is 250 g/mol. The molecule has 4 nitrogen and oxygen atoms in total. The molecule has 0 unspecified atom stereocenters. The Labute approximate surface area is 111 Å². The number of ether oxygens (including phenoxy) is 1. The van der Waals surface area contributed by atoms with E-state index in [0.717, 1.165) is 11.3 Å². The fraction of sp³-hybridized carbons (Fsp3) is 0.231. The largest absolute Gasteiger partial charge is 0.436 e. The minimum Gasteiger partial charge on any atom is -0.436 e. The van der Waals surface area contributed by atoms with E-state index in [1.54, 1.807) is 12.1 Å². The molecule has 0 radical (unpaired) electrons. The standard InChI is InChI=1S/C13H14ClN3O/c1-9-3-5-11(14)12(7-9)18-13-6-4-10(8-15-2)16-17-13/h3-7,15H,8H2,1-2H3. The van der Waals surface area contributed by atoms with Crippen molar-refractivity contribution in [1.82, 2.24) is 15.5 Å². The highest BCUT2D eigenvalue weighted by Gasteiger charge is 2.05. The zero-order valence-corrected chi connectivity index (χ0v) is 11.0. The van der Waals surface area contributed by atoms with Gasteiger partial charge < -0.3 is 10.1 Å². The maximum absolute atomic E-state index is 6.04. The molecular formula is C13H14ClN3O. The van der Waals surface area contributed by atoms with Crippen LogP contribution in [0.15, 0.2) is 30.3 Å². The monoisotopic (exact) mass is 263 g/mol. The number of nitrogens with zero attached hydrogens (tertiary/aromatic N) is 2. The van der Waals surface area contributed by atoms with E-state index in [-0.39, 0.29) is 0 Å². The minimum atomic E-state index is 0.433. The number of hydrogen-bond acceptors (Lipinski definition) is 4. The van der Waals surface area contributed by atoms with Crippen LogP contribution in [0.3, 0.4) is 0 Å². The highest BCUT2D eigenvalue weighted by atomic mass is 35.5. The first-order chi connectivity index (χ1) is 8.69. The summed E-state index contributed by atoms with van der Waals surface area (Å²) in [5, 5.41) is 11.6. The maximum atomic E-state index is 6.04. The molecule has 0 aliphatic rings. The lowest BCUT2D eigenvalue weighted by Crippen LogP contribution is -2.07. The van der Waals surface area contributed by atoms with Crippen LogP contribution < -0.4 is 10.1 Å². The minimum absolute atomic E-state index is 0.433. The summed E-state index contributed by atoms with van der Waals surface area (Å²) in [6, 6.07) is 9.23. The van der Waals surface area contributed by atoms with Crippen molar-refractivity contribution >= 4 is 11.6 Å². The summed E-state index contributed by atoms with van der Waals surface area (Å²) in [6.07, 6.45) is 0. The summed E-state index contributed by atoms with van der Waals surface area (Å²) >= 11 is 6.04. The van der Waals surface area contributed by atoms with Crippen molar-refractivity contribution in [2.45, 2.75) is 13.5 Å². The van der Waals surface area contributed by atoms with Crippen LogP contribution >= 0.6 is 11.6 Å². The zero-order valence-electron chi connectivity index (χ0n) is 10.3. The Hall–Kier alpha value is -1.65. The quantitative estimate of drug-likeness (QED) is 0.921. The normalized spacial score (nSPS) is 10.4. The van der Waals surface area contributed by atoms with Crippen molar-refractivity contribution in [3.05, 3.63) is 46.6 Å². The molecule has 0 aliphatic carbocycles. The average molecular weight is 264 g/mol. The maximum Gasteiger partial charge on any atom is 0.238 e. The molecule has 2 rings (SSSR count). The molecule has 18 heavy (non-hydrogen) atoms. The molecule has 0 aliphatic heterocycles. The second kappa shape index (κ2) is 5.80. The molecule has 1 aromatic carbocycles. The van der Waals surface area contributed by atoms with Crippen LogP contribution in [0.2, 0.25) is 5.02 Å². The van der Waals surface area contributed by atoms with Gasteiger partial charge in [-0.05, 0) is 37.7 Å². The number of aryl methyl sites for hydroxylation is 1. The van der Waals surface area contributed by atoms with Crippen LogP contribution in [0.4, 0.5) is 0 Å². The Morgan fingerprint density at radius 2 is 2.06 bits per heavy atom. The van der Waals surface area contributed by atoms with Gasteiger partial charge in [-0.1, -0.05) is 17.7 Å². The van der Waals surface area contributed by atoms with Gasteiger partial charge in [0.1, 0.15) is 5.75 Å². The summed E-state index contributed by atoms with van der Waals surface area (Å²) in [5.74, 6) is 1.02. The molecule has 2 aromatic rings. The SMILES string of the molecule is CNCc1ccc(Oc2cc(C)ccc2Cl)nn1. The predicted molar refractivity (Wildman–Crippen MR) is 71.1 cm³/mol. The van der Waals surface area contributed by atoms with Crippen LogP contribution in [0.1, 0.15) is 11.3 Å². The van der Waals surface area contributed by atoms with Crippen molar-refractivity contribution in [1.29, 1.82) is 0 Å². The lowest BCUT2D eigenvalue weighted by atomic mass is 10.2. The Balaban J connectivity index is 2.15. The van der Waals surface area contributed by atoms with Crippen molar-refractivity contribution in [2.24, 2.45) is 0 Å². The van der Waals surface area contributed by atoms with Gasteiger partial charge in [0.2, 0.25) is 5.88 Å². The van der Waals surface area contributed by atoms with E-state index in [0.29, 0.717) is 23.2 Å².